The van der Waals surface area contributed by atoms with Crippen molar-refractivity contribution in [3.8, 4) is 17.5 Å². The number of amides is 2. The normalized spacial score (nSPS) is 13.0. The molecule has 2 amide bonds. The Kier molecular flexibility index (Phi) is 6.69. The van der Waals surface area contributed by atoms with E-state index in [1.807, 2.05) is 0 Å². The summed E-state index contributed by atoms with van der Waals surface area (Å²) in [7, 11) is 1.55. The first kappa shape index (κ1) is 24.4. The van der Waals surface area contributed by atoms with Crippen LogP contribution >= 0.6 is 0 Å². The van der Waals surface area contributed by atoms with Crippen LogP contribution in [-0.2, 0) is 11.0 Å². The van der Waals surface area contributed by atoms with Crippen LogP contribution in [0.4, 0.5) is 13.2 Å². The Hall–Kier alpha value is -4.24. The average Bonchev–Trinajstić information content (AvgIpc) is 3.20. The molecule has 3 rings (SSSR count). The number of rotatable bonds is 7. The zero-order valence-electron chi connectivity index (χ0n) is 17.9. The van der Waals surface area contributed by atoms with Gasteiger partial charge in [0.15, 0.2) is 11.3 Å². The predicted octanol–water partition coefficient (Wildman–Crippen LogP) is 1.68. The van der Waals surface area contributed by atoms with Gasteiger partial charge in [0, 0.05) is 31.8 Å². The van der Waals surface area contributed by atoms with Gasteiger partial charge in [0.25, 0.3) is 5.91 Å². The van der Waals surface area contributed by atoms with Gasteiger partial charge in [-0.3, -0.25) is 9.59 Å². The van der Waals surface area contributed by atoms with Gasteiger partial charge < -0.3 is 15.7 Å². The zero-order chi connectivity index (χ0) is 25.1. The molecule has 12 heteroatoms. The molecule has 9 nitrogen and oxygen atoms in total. The largest absolute Gasteiger partial charge is 0.451 e. The summed E-state index contributed by atoms with van der Waals surface area (Å²) >= 11 is 0. The number of halogens is 3. The Morgan fingerprint density at radius 2 is 2.12 bits per heavy atom. The highest BCUT2D eigenvalue weighted by Crippen LogP contribution is 2.28. The summed E-state index contributed by atoms with van der Waals surface area (Å²) in [5.41, 5.74) is 3.81. The molecule has 2 heterocycles. The molecule has 0 aliphatic carbocycles. The summed E-state index contributed by atoms with van der Waals surface area (Å²) in [6.07, 6.45) is -1.99. The van der Waals surface area contributed by atoms with E-state index >= 15 is 0 Å². The van der Waals surface area contributed by atoms with Crippen molar-refractivity contribution in [3.63, 3.8) is 0 Å². The van der Waals surface area contributed by atoms with Gasteiger partial charge in [0.05, 0.1) is 11.1 Å². The lowest BCUT2D eigenvalue weighted by Gasteiger charge is -2.20. The molecule has 0 bridgehead atoms. The average molecular weight is 472 g/mol. The van der Waals surface area contributed by atoms with Crippen LogP contribution in [0, 0.1) is 11.8 Å². The summed E-state index contributed by atoms with van der Waals surface area (Å²) in [6, 6.07) is 6.18. The van der Waals surface area contributed by atoms with Gasteiger partial charge in [-0.05, 0) is 24.3 Å². The molecule has 0 saturated carbocycles. The molecule has 34 heavy (non-hydrogen) atoms. The van der Waals surface area contributed by atoms with E-state index in [0.29, 0.717) is 12.0 Å². The van der Waals surface area contributed by atoms with E-state index in [4.69, 9.17) is 5.73 Å². The van der Waals surface area contributed by atoms with Crippen molar-refractivity contribution >= 4 is 23.4 Å². The minimum atomic E-state index is -4.81. The van der Waals surface area contributed by atoms with Gasteiger partial charge in [-0.15, -0.1) is 0 Å². The van der Waals surface area contributed by atoms with Gasteiger partial charge in [-0.2, -0.15) is 18.3 Å². The number of hydrogen-bond donors (Lipinski definition) is 2. The quantitative estimate of drug-likeness (QED) is 0.306. The van der Waals surface area contributed by atoms with E-state index < -0.39 is 23.5 Å². The van der Waals surface area contributed by atoms with E-state index in [2.05, 4.69) is 33.5 Å². The second-order valence-corrected chi connectivity index (χ2v) is 7.32. The standard InChI is InChI=1S/C22H19F3N6O3/c1-3-21(34,9-10-30(2)13-32)8-7-14-5-4-6-15(11-14)31-19-16(17(29-31)18(26)33)12-27-20(28-19)22(23,24)25/h3-6,11-13,34H,1,9-10H2,2H3,(H2,26,33). The molecule has 0 radical (unpaired) electrons. The van der Waals surface area contributed by atoms with Gasteiger partial charge >= 0.3 is 6.18 Å². The molecule has 1 atom stereocenters. The predicted molar refractivity (Wildman–Crippen MR) is 116 cm³/mol. The first-order valence-electron chi connectivity index (χ1n) is 9.75. The number of fused-ring (bicyclic) bond motifs is 1. The third-order valence-electron chi connectivity index (χ3n) is 4.79. The number of aliphatic hydroxyl groups is 1. The number of hydrogen-bond acceptors (Lipinski definition) is 6. The first-order valence-corrected chi connectivity index (χ1v) is 9.75. The Labute approximate surface area is 191 Å². The van der Waals surface area contributed by atoms with Crippen molar-refractivity contribution in [1.82, 2.24) is 24.6 Å². The van der Waals surface area contributed by atoms with E-state index in [-0.39, 0.29) is 35.4 Å². The van der Waals surface area contributed by atoms with Gasteiger partial charge in [0.1, 0.15) is 5.60 Å². The number of carbonyl (C=O) groups is 2. The first-order chi connectivity index (χ1) is 16.0. The number of nitrogens with two attached hydrogens (primary N) is 1. The number of benzene rings is 1. The molecule has 1 unspecified atom stereocenters. The van der Waals surface area contributed by atoms with Crippen molar-refractivity contribution in [3.05, 3.63) is 60.2 Å². The summed E-state index contributed by atoms with van der Waals surface area (Å²) in [6.45, 7) is 3.81. The van der Waals surface area contributed by atoms with Crippen molar-refractivity contribution in [1.29, 1.82) is 0 Å². The maximum absolute atomic E-state index is 13.1. The molecule has 0 spiro atoms. The minimum Gasteiger partial charge on any atom is -0.374 e. The molecular formula is C22H19F3N6O3. The van der Waals surface area contributed by atoms with Gasteiger partial charge in [0.2, 0.25) is 12.2 Å². The van der Waals surface area contributed by atoms with Gasteiger partial charge in [-0.1, -0.05) is 24.5 Å². The fourth-order valence-corrected chi connectivity index (χ4v) is 2.91. The second-order valence-electron chi connectivity index (χ2n) is 7.32. The number of carbonyl (C=O) groups excluding carboxylic acids is 2. The summed E-state index contributed by atoms with van der Waals surface area (Å²) in [4.78, 5) is 30.7. The van der Waals surface area contributed by atoms with Crippen LogP contribution < -0.4 is 5.73 Å². The Bertz CT molecular complexity index is 1320. The van der Waals surface area contributed by atoms with Crippen LogP contribution in [0.3, 0.4) is 0 Å². The van der Waals surface area contributed by atoms with Crippen molar-refractivity contribution in [2.24, 2.45) is 5.73 Å². The highest BCUT2D eigenvalue weighted by molar-refractivity contribution is 6.03. The van der Waals surface area contributed by atoms with Crippen LogP contribution in [-0.4, -0.2) is 61.3 Å². The van der Waals surface area contributed by atoms with Crippen LogP contribution in [0.15, 0.2) is 43.1 Å². The number of alkyl halides is 3. The van der Waals surface area contributed by atoms with E-state index in [9.17, 15) is 27.9 Å². The van der Waals surface area contributed by atoms with Crippen molar-refractivity contribution in [2.45, 2.75) is 18.2 Å². The third-order valence-corrected chi connectivity index (χ3v) is 4.79. The lowest BCUT2D eigenvalue weighted by Crippen LogP contribution is -2.30. The fourth-order valence-electron chi connectivity index (χ4n) is 2.91. The highest BCUT2D eigenvalue weighted by Gasteiger charge is 2.35. The van der Waals surface area contributed by atoms with Crippen molar-refractivity contribution < 1.29 is 27.9 Å². The molecule has 3 N–H and O–H groups in total. The SMILES string of the molecule is C=CC(O)(C#Cc1cccc(-n2nc(C(N)=O)c3cnc(C(F)(F)F)nc32)c1)CCN(C)C=O. The molecule has 0 aliphatic heterocycles. The Morgan fingerprint density at radius 3 is 2.74 bits per heavy atom. The molecule has 3 aromatic rings. The van der Waals surface area contributed by atoms with E-state index in [1.165, 1.54) is 23.1 Å². The summed E-state index contributed by atoms with van der Waals surface area (Å²) in [5, 5.41) is 14.6. The number of aromatic nitrogens is 4. The topological polar surface area (TPSA) is 127 Å². The van der Waals surface area contributed by atoms with Crippen LogP contribution in [0.25, 0.3) is 16.7 Å². The molecule has 2 aromatic heterocycles. The van der Waals surface area contributed by atoms with E-state index in [1.54, 1.807) is 19.2 Å². The lowest BCUT2D eigenvalue weighted by molar-refractivity contribution is -0.144. The van der Waals surface area contributed by atoms with Crippen LogP contribution in [0.1, 0.15) is 28.3 Å². The highest BCUT2D eigenvalue weighted by atomic mass is 19.4. The molecular weight excluding hydrogens is 453 g/mol. The van der Waals surface area contributed by atoms with Crippen LogP contribution in [0.2, 0.25) is 0 Å². The maximum atomic E-state index is 13.1. The van der Waals surface area contributed by atoms with E-state index in [0.717, 1.165) is 10.9 Å². The molecule has 0 fully saturated rings. The molecule has 1 aromatic carbocycles. The lowest BCUT2D eigenvalue weighted by atomic mass is 10.00. The molecule has 0 aliphatic rings. The molecule has 0 saturated heterocycles. The Morgan fingerprint density at radius 1 is 1.38 bits per heavy atom. The van der Waals surface area contributed by atoms with Gasteiger partial charge in [-0.25, -0.2) is 14.6 Å². The smallest absolute Gasteiger partial charge is 0.374 e. The van der Waals surface area contributed by atoms with Crippen LogP contribution in [0.5, 0.6) is 0 Å². The number of primary amides is 1. The molecule has 176 valence electrons. The monoisotopic (exact) mass is 472 g/mol. The maximum Gasteiger partial charge on any atom is 0.451 e. The third kappa shape index (κ3) is 5.21. The number of nitrogens with zero attached hydrogens (tertiary/aromatic N) is 5. The Balaban J connectivity index is 2.06. The second kappa shape index (κ2) is 9.32. The summed E-state index contributed by atoms with van der Waals surface area (Å²) < 4.78 is 40.5. The zero-order valence-corrected chi connectivity index (χ0v) is 17.9. The fraction of sp³-hybridized carbons (Fsp3) is 0.227. The van der Waals surface area contributed by atoms with Crippen molar-refractivity contribution in [2.75, 3.05) is 13.6 Å². The minimum absolute atomic E-state index is 0.0442. The summed E-state index contributed by atoms with van der Waals surface area (Å²) in [5.74, 6) is 3.10.